The van der Waals surface area contributed by atoms with Crippen molar-refractivity contribution in [2.75, 3.05) is 19.6 Å². The lowest BCUT2D eigenvalue weighted by Gasteiger charge is -2.35. The second-order valence-corrected chi connectivity index (χ2v) is 6.81. The van der Waals surface area contributed by atoms with Gasteiger partial charge >= 0.3 is 0 Å². The highest BCUT2D eigenvalue weighted by Crippen LogP contribution is 2.30. The molecule has 1 unspecified atom stereocenters. The average Bonchev–Trinajstić information content (AvgIpc) is 2.69. The summed E-state index contributed by atoms with van der Waals surface area (Å²) in [5, 5.41) is 1.19. The smallest absolute Gasteiger partial charge is 0.0900 e. The first-order valence-corrected chi connectivity index (χ1v) is 7.81. The molecule has 1 aliphatic heterocycles. The maximum Gasteiger partial charge on any atom is 0.0900 e. The molecular formula is C14H25N3S. The van der Waals surface area contributed by atoms with Crippen LogP contribution in [0.25, 0.3) is 0 Å². The van der Waals surface area contributed by atoms with Crippen LogP contribution in [0.2, 0.25) is 0 Å². The third kappa shape index (κ3) is 3.11. The number of aryl methyl sites for hydroxylation is 2. The first-order valence-electron chi connectivity index (χ1n) is 7.00. The quantitative estimate of drug-likeness (QED) is 0.912. The molecule has 1 saturated heterocycles. The van der Waals surface area contributed by atoms with Gasteiger partial charge < -0.3 is 5.73 Å². The van der Waals surface area contributed by atoms with E-state index in [-0.39, 0.29) is 0 Å². The monoisotopic (exact) mass is 267 g/mol. The molecule has 0 radical (unpaired) electrons. The predicted octanol–water partition coefficient (Wildman–Crippen LogP) is 2.88. The topological polar surface area (TPSA) is 42.2 Å². The van der Waals surface area contributed by atoms with Crippen LogP contribution in [0.1, 0.15) is 47.8 Å². The number of hydrogen-bond acceptors (Lipinski definition) is 4. The van der Waals surface area contributed by atoms with E-state index in [2.05, 4.69) is 25.7 Å². The minimum absolute atomic E-state index is 0.466. The highest BCUT2D eigenvalue weighted by molar-refractivity contribution is 7.11. The average molecular weight is 267 g/mol. The zero-order valence-electron chi connectivity index (χ0n) is 11.8. The van der Waals surface area contributed by atoms with Gasteiger partial charge in [-0.2, -0.15) is 0 Å². The standard InChI is InChI=1S/C14H25N3S/c1-10(14-11(2)18-12(3)16-14)17-8-5-13(4-7-15)6-9-17/h10,13H,4-9,15H2,1-3H3. The van der Waals surface area contributed by atoms with Crippen LogP contribution in [0.4, 0.5) is 0 Å². The molecule has 2 heterocycles. The summed E-state index contributed by atoms with van der Waals surface area (Å²) in [5.74, 6) is 0.844. The number of hydrogen-bond donors (Lipinski definition) is 1. The molecule has 1 aromatic rings. The van der Waals surface area contributed by atoms with Crippen LogP contribution in [0.15, 0.2) is 0 Å². The lowest BCUT2D eigenvalue weighted by Crippen LogP contribution is -2.36. The number of nitrogens with two attached hydrogens (primary N) is 1. The van der Waals surface area contributed by atoms with Crippen molar-refractivity contribution in [1.82, 2.24) is 9.88 Å². The Labute approximate surface area is 114 Å². The van der Waals surface area contributed by atoms with Gasteiger partial charge in [-0.1, -0.05) is 0 Å². The van der Waals surface area contributed by atoms with E-state index in [0.717, 1.165) is 12.5 Å². The van der Waals surface area contributed by atoms with Crippen molar-refractivity contribution >= 4 is 11.3 Å². The van der Waals surface area contributed by atoms with Gasteiger partial charge in [0, 0.05) is 4.88 Å². The molecule has 3 nitrogen and oxygen atoms in total. The molecule has 2 N–H and O–H groups in total. The van der Waals surface area contributed by atoms with Gasteiger partial charge in [0.25, 0.3) is 0 Å². The van der Waals surface area contributed by atoms with Crippen LogP contribution < -0.4 is 5.73 Å². The van der Waals surface area contributed by atoms with Crippen molar-refractivity contribution in [3.8, 4) is 0 Å². The molecule has 0 aliphatic carbocycles. The van der Waals surface area contributed by atoms with Gasteiger partial charge in [0.1, 0.15) is 0 Å². The number of piperidine rings is 1. The molecule has 1 aromatic heterocycles. The molecule has 0 spiro atoms. The molecule has 4 heteroatoms. The zero-order chi connectivity index (χ0) is 13.1. The van der Waals surface area contributed by atoms with Crippen LogP contribution in [-0.2, 0) is 0 Å². The fraction of sp³-hybridized carbons (Fsp3) is 0.786. The predicted molar refractivity (Wildman–Crippen MR) is 78.0 cm³/mol. The van der Waals surface area contributed by atoms with Gasteiger partial charge in [0.15, 0.2) is 0 Å². The van der Waals surface area contributed by atoms with E-state index >= 15 is 0 Å². The molecule has 1 fully saturated rings. The number of likely N-dealkylation sites (tertiary alicyclic amines) is 1. The summed E-state index contributed by atoms with van der Waals surface area (Å²) in [4.78, 5) is 8.65. The Morgan fingerprint density at radius 3 is 2.56 bits per heavy atom. The molecule has 102 valence electrons. The van der Waals surface area contributed by atoms with Crippen LogP contribution >= 0.6 is 11.3 Å². The van der Waals surface area contributed by atoms with E-state index in [1.165, 1.54) is 47.9 Å². The summed E-state index contributed by atoms with van der Waals surface area (Å²) >= 11 is 1.82. The summed E-state index contributed by atoms with van der Waals surface area (Å²) in [6.45, 7) is 9.82. The van der Waals surface area contributed by atoms with E-state index in [1.54, 1.807) is 0 Å². The van der Waals surface area contributed by atoms with Crippen LogP contribution in [0.3, 0.4) is 0 Å². The first kappa shape index (κ1) is 14.0. The second kappa shape index (κ2) is 6.13. The highest BCUT2D eigenvalue weighted by Gasteiger charge is 2.25. The highest BCUT2D eigenvalue weighted by atomic mass is 32.1. The van der Waals surface area contributed by atoms with Gasteiger partial charge in [0.2, 0.25) is 0 Å². The summed E-state index contributed by atoms with van der Waals surface area (Å²) < 4.78 is 0. The third-order valence-corrected chi connectivity index (χ3v) is 5.01. The largest absolute Gasteiger partial charge is 0.330 e. The van der Waals surface area contributed by atoms with Crippen LogP contribution in [0, 0.1) is 19.8 Å². The lowest BCUT2D eigenvalue weighted by molar-refractivity contribution is 0.136. The minimum atomic E-state index is 0.466. The molecule has 1 atom stereocenters. The Bertz CT molecular complexity index is 380. The molecule has 18 heavy (non-hydrogen) atoms. The lowest BCUT2D eigenvalue weighted by atomic mass is 9.92. The number of aromatic nitrogens is 1. The van der Waals surface area contributed by atoms with Crippen molar-refractivity contribution in [2.24, 2.45) is 11.7 Å². The van der Waals surface area contributed by atoms with Crippen molar-refractivity contribution in [2.45, 2.75) is 46.1 Å². The maximum absolute atomic E-state index is 5.65. The van der Waals surface area contributed by atoms with E-state index in [1.807, 2.05) is 11.3 Å². The van der Waals surface area contributed by atoms with Gasteiger partial charge in [0.05, 0.1) is 16.7 Å². The fourth-order valence-corrected chi connectivity index (χ4v) is 3.88. The van der Waals surface area contributed by atoms with Crippen LogP contribution in [-0.4, -0.2) is 29.5 Å². The maximum atomic E-state index is 5.65. The van der Waals surface area contributed by atoms with Gasteiger partial charge in [-0.15, -0.1) is 11.3 Å². The third-order valence-electron chi connectivity index (χ3n) is 4.11. The van der Waals surface area contributed by atoms with Crippen molar-refractivity contribution < 1.29 is 0 Å². The normalized spacial score (nSPS) is 20.2. The van der Waals surface area contributed by atoms with E-state index < -0.39 is 0 Å². The second-order valence-electron chi connectivity index (χ2n) is 5.41. The van der Waals surface area contributed by atoms with Crippen LogP contribution in [0.5, 0.6) is 0 Å². The van der Waals surface area contributed by atoms with Gasteiger partial charge in [-0.25, -0.2) is 4.98 Å². The molecular weight excluding hydrogens is 242 g/mol. The van der Waals surface area contributed by atoms with E-state index in [4.69, 9.17) is 10.7 Å². The van der Waals surface area contributed by atoms with Gasteiger partial charge in [-0.05, 0) is 65.6 Å². The molecule has 0 amide bonds. The molecule has 2 rings (SSSR count). The van der Waals surface area contributed by atoms with Crippen molar-refractivity contribution in [3.63, 3.8) is 0 Å². The minimum Gasteiger partial charge on any atom is -0.330 e. The number of rotatable bonds is 4. The van der Waals surface area contributed by atoms with Crippen molar-refractivity contribution in [1.29, 1.82) is 0 Å². The Hall–Kier alpha value is -0.450. The SMILES string of the molecule is Cc1nc(C(C)N2CCC(CCN)CC2)c(C)s1. The zero-order valence-corrected chi connectivity index (χ0v) is 12.6. The Morgan fingerprint density at radius 1 is 1.39 bits per heavy atom. The number of nitrogens with zero attached hydrogens (tertiary/aromatic N) is 2. The van der Waals surface area contributed by atoms with E-state index in [9.17, 15) is 0 Å². The van der Waals surface area contributed by atoms with E-state index in [0.29, 0.717) is 6.04 Å². The molecule has 0 bridgehead atoms. The Kier molecular flexibility index (Phi) is 4.76. The first-order chi connectivity index (χ1) is 8.61. The Balaban J connectivity index is 1.95. The molecule has 0 aromatic carbocycles. The Morgan fingerprint density at radius 2 is 2.06 bits per heavy atom. The summed E-state index contributed by atoms with van der Waals surface area (Å²) in [6.07, 6.45) is 3.78. The summed E-state index contributed by atoms with van der Waals surface area (Å²) in [7, 11) is 0. The molecule has 0 saturated carbocycles. The van der Waals surface area contributed by atoms with Crippen molar-refractivity contribution in [3.05, 3.63) is 15.6 Å². The molecule has 1 aliphatic rings. The fourth-order valence-electron chi connectivity index (χ4n) is 2.97. The van der Waals surface area contributed by atoms with Gasteiger partial charge in [-0.3, -0.25) is 4.90 Å². The summed E-state index contributed by atoms with van der Waals surface area (Å²) in [6, 6.07) is 0.466. The summed E-state index contributed by atoms with van der Waals surface area (Å²) in [5.41, 5.74) is 6.93. The number of thiazole rings is 1.